The van der Waals surface area contributed by atoms with Crippen molar-refractivity contribution < 1.29 is 0 Å². The molecule has 2 rings (SSSR count). The fraction of sp³-hybridized carbons (Fsp3) is 0.455. The second kappa shape index (κ2) is 4.29. The smallest absolute Gasteiger partial charge is 0.191 e. The SMILES string of the molecule is CN(C(N)=NCc1cccnc1)C1CC1. The third kappa shape index (κ3) is 2.68. The average Bonchev–Trinajstić information content (AvgIpc) is 3.10. The standard InChI is InChI=1S/C11H16N4/c1-15(10-4-5-10)11(12)14-8-9-3-2-6-13-7-9/h2-3,6-7,10H,4-5,8H2,1H3,(H2,12,14). The van der Waals surface area contributed by atoms with Crippen LogP contribution in [0.25, 0.3) is 0 Å². The van der Waals surface area contributed by atoms with Gasteiger partial charge in [0.25, 0.3) is 0 Å². The molecule has 2 N–H and O–H groups in total. The van der Waals surface area contributed by atoms with E-state index in [0.717, 1.165) is 5.56 Å². The van der Waals surface area contributed by atoms with Gasteiger partial charge in [-0.3, -0.25) is 4.98 Å². The predicted octanol–water partition coefficient (Wildman–Crippen LogP) is 0.990. The van der Waals surface area contributed by atoms with Gasteiger partial charge in [0.2, 0.25) is 0 Å². The molecule has 1 aromatic rings. The van der Waals surface area contributed by atoms with Gasteiger partial charge < -0.3 is 10.6 Å². The van der Waals surface area contributed by atoms with E-state index in [1.54, 1.807) is 6.20 Å². The van der Waals surface area contributed by atoms with E-state index >= 15 is 0 Å². The van der Waals surface area contributed by atoms with Gasteiger partial charge in [-0.25, -0.2) is 4.99 Å². The highest BCUT2D eigenvalue weighted by atomic mass is 15.3. The van der Waals surface area contributed by atoms with Crippen LogP contribution in [0.15, 0.2) is 29.5 Å². The maximum absolute atomic E-state index is 5.86. The molecule has 0 spiro atoms. The number of rotatable bonds is 3. The summed E-state index contributed by atoms with van der Waals surface area (Å²) in [5.74, 6) is 0.626. The van der Waals surface area contributed by atoms with Crippen molar-refractivity contribution in [2.24, 2.45) is 10.7 Å². The predicted molar refractivity (Wildman–Crippen MR) is 60.3 cm³/mol. The summed E-state index contributed by atoms with van der Waals surface area (Å²) in [5, 5.41) is 0. The molecule has 1 aliphatic rings. The van der Waals surface area contributed by atoms with Crippen molar-refractivity contribution in [3.63, 3.8) is 0 Å². The van der Waals surface area contributed by atoms with Gasteiger partial charge in [0.15, 0.2) is 5.96 Å². The third-order valence-electron chi connectivity index (χ3n) is 2.60. The van der Waals surface area contributed by atoms with E-state index in [1.807, 2.05) is 25.4 Å². The molecule has 4 heteroatoms. The first-order valence-electron chi connectivity index (χ1n) is 5.19. The lowest BCUT2D eigenvalue weighted by molar-refractivity contribution is 0.487. The van der Waals surface area contributed by atoms with Gasteiger partial charge in [-0.05, 0) is 24.5 Å². The lowest BCUT2D eigenvalue weighted by atomic mass is 10.3. The quantitative estimate of drug-likeness (QED) is 0.590. The van der Waals surface area contributed by atoms with Gasteiger partial charge in [-0.15, -0.1) is 0 Å². The molecule has 1 saturated carbocycles. The lowest BCUT2D eigenvalue weighted by Gasteiger charge is -2.16. The van der Waals surface area contributed by atoms with Crippen LogP contribution in [0.4, 0.5) is 0 Å². The Morgan fingerprint density at radius 3 is 3.07 bits per heavy atom. The molecule has 80 valence electrons. The number of nitrogens with zero attached hydrogens (tertiary/aromatic N) is 3. The molecule has 0 amide bonds. The van der Waals surface area contributed by atoms with Crippen LogP contribution >= 0.6 is 0 Å². The molecular formula is C11H16N4. The maximum atomic E-state index is 5.86. The Kier molecular flexibility index (Phi) is 2.85. The first-order chi connectivity index (χ1) is 7.27. The van der Waals surface area contributed by atoms with E-state index in [0.29, 0.717) is 18.5 Å². The van der Waals surface area contributed by atoms with Crippen LogP contribution in [0.1, 0.15) is 18.4 Å². The zero-order valence-electron chi connectivity index (χ0n) is 8.93. The van der Waals surface area contributed by atoms with E-state index < -0.39 is 0 Å². The minimum Gasteiger partial charge on any atom is -0.370 e. The maximum Gasteiger partial charge on any atom is 0.191 e. The van der Waals surface area contributed by atoms with Crippen LogP contribution in [0.5, 0.6) is 0 Å². The average molecular weight is 204 g/mol. The summed E-state index contributed by atoms with van der Waals surface area (Å²) in [6, 6.07) is 4.52. The number of hydrogen-bond donors (Lipinski definition) is 1. The highest BCUT2D eigenvalue weighted by Gasteiger charge is 2.27. The Morgan fingerprint density at radius 2 is 2.47 bits per heavy atom. The van der Waals surface area contributed by atoms with Crippen molar-refractivity contribution in [2.45, 2.75) is 25.4 Å². The van der Waals surface area contributed by atoms with Gasteiger partial charge in [0, 0.05) is 25.5 Å². The number of hydrogen-bond acceptors (Lipinski definition) is 2. The normalized spacial score (nSPS) is 16.5. The Balaban J connectivity index is 1.92. The Morgan fingerprint density at radius 1 is 1.67 bits per heavy atom. The first-order valence-corrected chi connectivity index (χ1v) is 5.19. The second-order valence-corrected chi connectivity index (χ2v) is 3.88. The molecule has 15 heavy (non-hydrogen) atoms. The summed E-state index contributed by atoms with van der Waals surface area (Å²) in [6.45, 7) is 0.608. The Bertz CT molecular complexity index is 343. The summed E-state index contributed by atoms with van der Waals surface area (Å²) in [6.07, 6.45) is 6.04. The number of aliphatic imine (C=N–C) groups is 1. The number of guanidine groups is 1. The summed E-state index contributed by atoms with van der Waals surface area (Å²) in [4.78, 5) is 10.4. The summed E-state index contributed by atoms with van der Waals surface area (Å²) < 4.78 is 0. The third-order valence-corrected chi connectivity index (χ3v) is 2.60. The van der Waals surface area contributed by atoms with Gasteiger partial charge >= 0.3 is 0 Å². The van der Waals surface area contributed by atoms with Crippen molar-refractivity contribution in [2.75, 3.05) is 7.05 Å². The van der Waals surface area contributed by atoms with Crippen molar-refractivity contribution in [1.82, 2.24) is 9.88 Å². The van der Waals surface area contributed by atoms with E-state index in [2.05, 4.69) is 14.9 Å². The van der Waals surface area contributed by atoms with Crippen LogP contribution in [0.3, 0.4) is 0 Å². The molecule has 0 aliphatic heterocycles. The summed E-state index contributed by atoms with van der Waals surface area (Å²) in [7, 11) is 2.00. The van der Waals surface area contributed by atoms with E-state index in [4.69, 9.17) is 5.73 Å². The molecule has 0 bridgehead atoms. The molecule has 1 fully saturated rings. The van der Waals surface area contributed by atoms with Gasteiger partial charge in [0.1, 0.15) is 0 Å². The molecule has 0 atom stereocenters. The first kappa shape index (κ1) is 9.96. The van der Waals surface area contributed by atoms with Crippen LogP contribution in [0, 0.1) is 0 Å². The highest BCUT2D eigenvalue weighted by Crippen LogP contribution is 2.24. The van der Waals surface area contributed by atoms with E-state index in [-0.39, 0.29) is 0 Å². The van der Waals surface area contributed by atoms with Crippen LogP contribution in [-0.4, -0.2) is 28.9 Å². The fourth-order valence-corrected chi connectivity index (χ4v) is 1.42. The fourth-order valence-electron chi connectivity index (χ4n) is 1.42. The Labute approximate surface area is 89.8 Å². The largest absolute Gasteiger partial charge is 0.370 e. The zero-order valence-corrected chi connectivity index (χ0v) is 8.93. The van der Waals surface area contributed by atoms with Crippen LogP contribution in [0.2, 0.25) is 0 Å². The lowest BCUT2D eigenvalue weighted by Crippen LogP contribution is -2.35. The highest BCUT2D eigenvalue weighted by molar-refractivity contribution is 5.78. The molecule has 0 aromatic carbocycles. The molecule has 1 aliphatic carbocycles. The molecule has 0 radical (unpaired) electrons. The number of nitrogens with two attached hydrogens (primary N) is 1. The molecule has 0 saturated heterocycles. The van der Waals surface area contributed by atoms with Crippen molar-refractivity contribution in [1.29, 1.82) is 0 Å². The molecule has 1 heterocycles. The molecule has 4 nitrogen and oxygen atoms in total. The zero-order chi connectivity index (χ0) is 10.7. The van der Waals surface area contributed by atoms with Crippen LogP contribution in [-0.2, 0) is 6.54 Å². The van der Waals surface area contributed by atoms with Crippen molar-refractivity contribution in [3.8, 4) is 0 Å². The van der Waals surface area contributed by atoms with Gasteiger partial charge in [-0.1, -0.05) is 6.07 Å². The minimum atomic E-state index is 0.608. The molecule has 1 aromatic heterocycles. The number of pyridine rings is 1. The van der Waals surface area contributed by atoms with Crippen molar-refractivity contribution in [3.05, 3.63) is 30.1 Å². The van der Waals surface area contributed by atoms with Crippen LogP contribution < -0.4 is 5.73 Å². The second-order valence-electron chi connectivity index (χ2n) is 3.88. The summed E-state index contributed by atoms with van der Waals surface area (Å²) in [5.41, 5.74) is 6.95. The monoisotopic (exact) mass is 204 g/mol. The number of aromatic nitrogens is 1. The molecule has 0 unspecified atom stereocenters. The summed E-state index contributed by atoms with van der Waals surface area (Å²) >= 11 is 0. The topological polar surface area (TPSA) is 54.5 Å². The Hall–Kier alpha value is -1.58. The van der Waals surface area contributed by atoms with Gasteiger partial charge in [-0.2, -0.15) is 0 Å². The van der Waals surface area contributed by atoms with E-state index in [9.17, 15) is 0 Å². The minimum absolute atomic E-state index is 0.608. The van der Waals surface area contributed by atoms with Gasteiger partial charge in [0.05, 0.1) is 6.54 Å². The van der Waals surface area contributed by atoms with Crippen molar-refractivity contribution >= 4 is 5.96 Å². The van der Waals surface area contributed by atoms with E-state index in [1.165, 1.54) is 12.8 Å². The molecular weight excluding hydrogens is 188 g/mol.